The Hall–Kier alpha value is -0.870. The molecular weight excluding hydrogens is 228 g/mol. The van der Waals surface area contributed by atoms with Gasteiger partial charge in [-0.2, -0.15) is 0 Å². The second-order valence-corrected chi connectivity index (χ2v) is 5.26. The fourth-order valence-corrected chi connectivity index (χ4v) is 2.74. The van der Waals surface area contributed by atoms with E-state index in [1.807, 2.05) is 0 Å². The van der Waals surface area contributed by atoms with Gasteiger partial charge in [0.05, 0.1) is 12.3 Å². The molecule has 2 atom stereocenters. The van der Waals surface area contributed by atoms with Gasteiger partial charge in [0, 0.05) is 18.9 Å². The van der Waals surface area contributed by atoms with E-state index in [0.717, 1.165) is 24.6 Å². The Bertz CT molecular complexity index is 362. The summed E-state index contributed by atoms with van der Waals surface area (Å²) in [5.74, 6) is 1.61. The summed E-state index contributed by atoms with van der Waals surface area (Å²) < 4.78 is 5.69. The molecule has 0 spiro atoms. The van der Waals surface area contributed by atoms with E-state index in [4.69, 9.17) is 4.42 Å². The maximum Gasteiger partial charge on any atom is 0.195 e. The van der Waals surface area contributed by atoms with Crippen LogP contribution in [0.5, 0.6) is 0 Å². The van der Waals surface area contributed by atoms with Crippen LogP contribution in [-0.4, -0.2) is 40.2 Å². The molecule has 2 heterocycles. The molecule has 2 rings (SSSR count). The summed E-state index contributed by atoms with van der Waals surface area (Å²) in [4.78, 5) is 6.84. The normalized spacial score (nSPS) is 23.2. The Morgan fingerprint density at radius 2 is 2.39 bits per heavy atom. The minimum atomic E-state index is -0.368. The lowest BCUT2D eigenvalue weighted by Gasteiger charge is -2.34. The molecule has 1 aliphatic rings. The molecule has 18 heavy (non-hydrogen) atoms. The van der Waals surface area contributed by atoms with E-state index in [1.54, 1.807) is 13.1 Å². The monoisotopic (exact) mass is 252 g/mol. The van der Waals surface area contributed by atoms with E-state index >= 15 is 0 Å². The van der Waals surface area contributed by atoms with Crippen molar-refractivity contribution >= 4 is 0 Å². The van der Waals surface area contributed by atoms with E-state index in [2.05, 4.69) is 16.8 Å². The summed E-state index contributed by atoms with van der Waals surface area (Å²) >= 11 is 0. The number of aromatic nitrogens is 1. The van der Waals surface area contributed by atoms with E-state index in [0.29, 0.717) is 12.5 Å². The number of likely N-dealkylation sites (N-methyl/N-ethyl adjacent to an activating group) is 1. The largest absolute Gasteiger partial charge is 0.446 e. The molecule has 0 bridgehead atoms. The van der Waals surface area contributed by atoms with Crippen LogP contribution in [0.15, 0.2) is 10.6 Å². The second kappa shape index (κ2) is 6.34. The van der Waals surface area contributed by atoms with Gasteiger partial charge in [-0.1, -0.05) is 13.3 Å². The highest BCUT2D eigenvalue weighted by molar-refractivity contribution is 4.97. The maximum absolute atomic E-state index is 9.32. The third-order valence-corrected chi connectivity index (χ3v) is 3.66. The first kappa shape index (κ1) is 13.6. The fourth-order valence-electron chi connectivity index (χ4n) is 2.74. The van der Waals surface area contributed by atoms with E-state index in [1.165, 1.54) is 25.8 Å². The highest BCUT2D eigenvalue weighted by Gasteiger charge is 2.23. The Labute approximate surface area is 109 Å². The van der Waals surface area contributed by atoms with Crippen molar-refractivity contribution in [3.63, 3.8) is 0 Å². The van der Waals surface area contributed by atoms with Crippen molar-refractivity contribution in [3.8, 4) is 0 Å². The molecule has 0 radical (unpaired) electrons. The van der Waals surface area contributed by atoms with Gasteiger partial charge in [-0.3, -0.25) is 0 Å². The van der Waals surface area contributed by atoms with E-state index < -0.39 is 0 Å². The molecule has 2 unspecified atom stereocenters. The predicted molar refractivity (Wildman–Crippen MR) is 70.5 cm³/mol. The predicted octanol–water partition coefficient (Wildman–Crippen LogP) is 2.01. The van der Waals surface area contributed by atoms with Gasteiger partial charge in [0.2, 0.25) is 0 Å². The van der Waals surface area contributed by atoms with Crippen molar-refractivity contribution in [2.24, 2.45) is 0 Å². The molecule has 0 aromatic carbocycles. The summed E-state index contributed by atoms with van der Waals surface area (Å²) in [7, 11) is 0. The van der Waals surface area contributed by atoms with Gasteiger partial charge in [0.25, 0.3) is 0 Å². The number of aliphatic hydroxyl groups excluding tert-OH is 1. The summed E-state index contributed by atoms with van der Waals surface area (Å²) in [5, 5.41) is 9.32. The Morgan fingerprint density at radius 3 is 3.11 bits per heavy atom. The molecule has 1 aromatic heterocycles. The van der Waals surface area contributed by atoms with Crippen LogP contribution in [0.4, 0.5) is 0 Å². The van der Waals surface area contributed by atoms with Crippen molar-refractivity contribution in [3.05, 3.63) is 17.8 Å². The first-order valence-electron chi connectivity index (χ1n) is 7.04. The fraction of sp³-hybridized carbons (Fsp3) is 0.786. The average molecular weight is 252 g/mol. The van der Waals surface area contributed by atoms with Crippen molar-refractivity contribution in [2.75, 3.05) is 13.1 Å². The van der Waals surface area contributed by atoms with Crippen LogP contribution in [0, 0.1) is 0 Å². The molecular formula is C14H24N2O2. The van der Waals surface area contributed by atoms with E-state index in [-0.39, 0.29) is 6.10 Å². The van der Waals surface area contributed by atoms with Crippen LogP contribution in [0.25, 0.3) is 0 Å². The standard InChI is InChI=1S/C14H24N2O2/c1-3-16-7-5-4-6-12(16)9-14-15-10-13(18-14)8-11(2)17/h10-12,17H,3-9H2,1-2H3. The number of rotatable bonds is 5. The average Bonchev–Trinajstić information content (AvgIpc) is 2.76. The van der Waals surface area contributed by atoms with Crippen molar-refractivity contribution < 1.29 is 9.52 Å². The molecule has 1 N–H and O–H groups in total. The summed E-state index contributed by atoms with van der Waals surface area (Å²) in [5.41, 5.74) is 0. The van der Waals surface area contributed by atoms with Gasteiger partial charge >= 0.3 is 0 Å². The van der Waals surface area contributed by atoms with Crippen LogP contribution in [0.3, 0.4) is 0 Å². The second-order valence-electron chi connectivity index (χ2n) is 5.26. The molecule has 1 saturated heterocycles. The van der Waals surface area contributed by atoms with E-state index in [9.17, 15) is 5.11 Å². The maximum atomic E-state index is 9.32. The Balaban J connectivity index is 1.93. The lowest BCUT2D eigenvalue weighted by molar-refractivity contribution is 0.147. The number of nitrogens with zero attached hydrogens (tertiary/aromatic N) is 2. The third-order valence-electron chi connectivity index (χ3n) is 3.66. The summed E-state index contributed by atoms with van der Waals surface area (Å²) in [6.45, 7) is 6.28. The van der Waals surface area contributed by atoms with Gasteiger partial charge in [0.1, 0.15) is 5.76 Å². The van der Waals surface area contributed by atoms with Crippen LogP contribution in [0.2, 0.25) is 0 Å². The number of oxazole rings is 1. The third kappa shape index (κ3) is 3.56. The van der Waals surface area contributed by atoms with Gasteiger partial charge in [0.15, 0.2) is 5.89 Å². The molecule has 4 heteroatoms. The highest BCUT2D eigenvalue weighted by atomic mass is 16.4. The van der Waals surface area contributed by atoms with Crippen LogP contribution in [-0.2, 0) is 12.8 Å². The summed E-state index contributed by atoms with van der Waals surface area (Å²) in [6.07, 6.45) is 6.69. The zero-order chi connectivity index (χ0) is 13.0. The summed E-state index contributed by atoms with van der Waals surface area (Å²) in [6, 6.07) is 0.571. The number of piperidine rings is 1. The van der Waals surface area contributed by atoms with Gasteiger partial charge in [-0.05, 0) is 32.9 Å². The zero-order valence-electron chi connectivity index (χ0n) is 11.4. The minimum Gasteiger partial charge on any atom is -0.446 e. The smallest absolute Gasteiger partial charge is 0.195 e. The molecule has 1 fully saturated rings. The first-order valence-corrected chi connectivity index (χ1v) is 7.04. The molecule has 0 aliphatic carbocycles. The quantitative estimate of drug-likeness (QED) is 0.871. The molecule has 1 aliphatic heterocycles. The van der Waals surface area contributed by atoms with Gasteiger partial charge in [-0.25, -0.2) is 4.98 Å². The van der Waals surface area contributed by atoms with Crippen molar-refractivity contribution in [1.29, 1.82) is 0 Å². The highest BCUT2D eigenvalue weighted by Crippen LogP contribution is 2.20. The Kier molecular flexibility index (Phi) is 4.78. The lowest BCUT2D eigenvalue weighted by Crippen LogP contribution is -2.40. The molecule has 0 amide bonds. The molecule has 102 valence electrons. The van der Waals surface area contributed by atoms with Crippen LogP contribution >= 0.6 is 0 Å². The van der Waals surface area contributed by atoms with Crippen molar-refractivity contribution in [2.45, 2.75) is 58.1 Å². The Morgan fingerprint density at radius 1 is 1.56 bits per heavy atom. The minimum absolute atomic E-state index is 0.368. The van der Waals surface area contributed by atoms with Gasteiger partial charge < -0.3 is 14.4 Å². The van der Waals surface area contributed by atoms with Crippen LogP contribution < -0.4 is 0 Å². The van der Waals surface area contributed by atoms with Gasteiger partial charge in [-0.15, -0.1) is 0 Å². The lowest BCUT2D eigenvalue weighted by atomic mass is 9.99. The molecule has 0 saturated carbocycles. The first-order chi connectivity index (χ1) is 8.69. The number of likely N-dealkylation sites (tertiary alicyclic amines) is 1. The SMILES string of the molecule is CCN1CCCCC1Cc1ncc(CC(C)O)o1. The number of aliphatic hydroxyl groups is 1. The van der Waals surface area contributed by atoms with Crippen molar-refractivity contribution in [1.82, 2.24) is 9.88 Å². The number of hydrogen-bond acceptors (Lipinski definition) is 4. The van der Waals surface area contributed by atoms with Crippen LogP contribution in [0.1, 0.15) is 44.8 Å². The zero-order valence-corrected chi connectivity index (χ0v) is 11.4. The number of hydrogen-bond donors (Lipinski definition) is 1. The molecule has 1 aromatic rings. The topological polar surface area (TPSA) is 49.5 Å². The molecule has 4 nitrogen and oxygen atoms in total.